The van der Waals surface area contributed by atoms with Crippen LogP contribution < -0.4 is 16.4 Å². The van der Waals surface area contributed by atoms with Gasteiger partial charge < -0.3 is 16.4 Å². The van der Waals surface area contributed by atoms with Crippen LogP contribution in [0.3, 0.4) is 0 Å². The first-order chi connectivity index (χ1) is 7.54. The van der Waals surface area contributed by atoms with Crippen LogP contribution in [0.4, 0.5) is 0 Å². The van der Waals surface area contributed by atoms with Crippen LogP contribution in [0.5, 0.6) is 0 Å². The molecular weight excluding hydrogens is 202 g/mol. The van der Waals surface area contributed by atoms with Crippen LogP contribution in [0.15, 0.2) is 0 Å². The predicted molar refractivity (Wildman–Crippen MR) is 66.0 cm³/mol. The van der Waals surface area contributed by atoms with E-state index in [0.29, 0.717) is 24.4 Å². The molecule has 0 aromatic rings. The fourth-order valence-electron chi connectivity index (χ4n) is 1.57. The normalized spacial score (nSPS) is 19.6. The number of rotatable bonds is 7. The second-order valence-corrected chi connectivity index (χ2v) is 5.15. The van der Waals surface area contributed by atoms with Gasteiger partial charge in [-0.1, -0.05) is 13.8 Å². The summed E-state index contributed by atoms with van der Waals surface area (Å²) in [6.07, 6.45) is 2.27. The monoisotopic (exact) mass is 227 g/mol. The Balaban J connectivity index is 2.21. The van der Waals surface area contributed by atoms with Gasteiger partial charge in [0.1, 0.15) is 0 Å². The van der Waals surface area contributed by atoms with Gasteiger partial charge in [0, 0.05) is 12.6 Å². The Hall–Kier alpha value is -0.610. The van der Waals surface area contributed by atoms with Crippen LogP contribution in [-0.4, -0.2) is 31.1 Å². The third-order valence-corrected chi connectivity index (χ3v) is 3.25. The van der Waals surface area contributed by atoms with Gasteiger partial charge in [-0.25, -0.2) is 0 Å². The molecule has 1 fully saturated rings. The van der Waals surface area contributed by atoms with Crippen molar-refractivity contribution in [2.75, 3.05) is 13.1 Å². The zero-order chi connectivity index (χ0) is 12.1. The first kappa shape index (κ1) is 13.5. The lowest BCUT2D eigenvalue weighted by molar-refractivity contribution is -0.122. The van der Waals surface area contributed by atoms with Crippen molar-refractivity contribution in [1.29, 1.82) is 0 Å². The van der Waals surface area contributed by atoms with Crippen molar-refractivity contribution in [2.24, 2.45) is 17.6 Å². The molecule has 1 rings (SSSR count). The van der Waals surface area contributed by atoms with Gasteiger partial charge in [0.05, 0.1) is 6.04 Å². The number of hydrogen-bond donors (Lipinski definition) is 3. The highest BCUT2D eigenvalue weighted by atomic mass is 16.2. The van der Waals surface area contributed by atoms with Crippen LogP contribution in [0.1, 0.15) is 33.6 Å². The Morgan fingerprint density at radius 3 is 2.44 bits per heavy atom. The summed E-state index contributed by atoms with van der Waals surface area (Å²) in [6, 6.07) is 0.320. The highest BCUT2D eigenvalue weighted by Crippen LogP contribution is 2.18. The number of carbonyl (C=O) groups is 1. The second kappa shape index (κ2) is 6.21. The van der Waals surface area contributed by atoms with E-state index in [0.717, 1.165) is 19.4 Å². The molecule has 1 aliphatic carbocycles. The van der Waals surface area contributed by atoms with Gasteiger partial charge in [0.15, 0.2) is 0 Å². The average Bonchev–Trinajstić information content (AvgIpc) is 3.01. The van der Waals surface area contributed by atoms with Crippen molar-refractivity contribution in [3.05, 3.63) is 0 Å². The summed E-state index contributed by atoms with van der Waals surface area (Å²) in [5, 5.41) is 6.25. The molecule has 0 aliphatic heterocycles. The maximum atomic E-state index is 11.7. The lowest BCUT2D eigenvalue weighted by atomic mass is 9.96. The number of carbonyl (C=O) groups excluding carboxylic acids is 1. The van der Waals surface area contributed by atoms with Gasteiger partial charge in [-0.05, 0) is 38.1 Å². The Morgan fingerprint density at radius 2 is 2.00 bits per heavy atom. The van der Waals surface area contributed by atoms with Gasteiger partial charge >= 0.3 is 0 Å². The summed E-state index contributed by atoms with van der Waals surface area (Å²) in [5.41, 5.74) is 5.69. The standard InChI is InChI=1S/C12H25N3O/c1-8(2)10(6-13)7-14-9(3)12(16)15-11-4-5-11/h8-11,14H,4-7,13H2,1-3H3,(H,15,16). The van der Waals surface area contributed by atoms with E-state index in [1.165, 1.54) is 0 Å². The number of hydrogen-bond acceptors (Lipinski definition) is 3. The highest BCUT2D eigenvalue weighted by molar-refractivity contribution is 5.81. The molecule has 4 heteroatoms. The minimum atomic E-state index is -0.117. The van der Waals surface area contributed by atoms with Gasteiger partial charge in [-0.3, -0.25) is 4.79 Å². The van der Waals surface area contributed by atoms with E-state index >= 15 is 0 Å². The van der Waals surface area contributed by atoms with Crippen molar-refractivity contribution in [3.63, 3.8) is 0 Å². The maximum Gasteiger partial charge on any atom is 0.237 e. The summed E-state index contributed by atoms with van der Waals surface area (Å²) in [7, 11) is 0. The van der Waals surface area contributed by atoms with E-state index in [9.17, 15) is 4.79 Å². The Morgan fingerprint density at radius 1 is 1.38 bits per heavy atom. The molecule has 4 N–H and O–H groups in total. The molecule has 2 atom stereocenters. The first-order valence-electron chi connectivity index (χ1n) is 6.28. The molecule has 0 heterocycles. The van der Waals surface area contributed by atoms with Gasteiger partial charge in [0.2, 0.25) is 5.91 Å². The molecule has 4 nitrogen and oxygen atoms in total. The molecular formula is C12H25N3O. The third-order valence-electron chi connectivity index (χ3n) is 3.25. The number of nitrogens with one attached hydrogen (secondary N) is 2. The molecule has 94 valence electrons. The minimum absolute atomic E-state index is 0.113. The zero-order valence-corrected chi connectivity index (χ0v) is 10.6. The quantitative estimate of drug-likeness (QED) is 0.592. The fourth-order valence-corrected chi connectivity index (χ4v) is 1.57. The van der Waals surface area contributed by atoms with E-state index in [1.54, 1.807) is 0 Å². The molecule has 16 heavy (non-hydrogen) atoms. The minimum Gasteiger partial charge on any atom is -0.352 e. The first-order valence-corrected chi connectivity index (χ1v) is 6.28. The molecule has 1 amide bonds. The van der Waals surface area contributed by atoms with E-state index in [-0.39, 0.29) is 11.9 Å². The van der Waals surface area contributed by atoms with Crippen molar-refractivity contribution in [1.82, 2.24) is 10.6 Å². The van der Waals surface area contributed by atoms with Gasteiger partial charge in [-0.15, -0.1) is 0 Å². The third kappa shape index (κ3) is 4.49. The maximum absolute atomic E-state index is 11.7. The number of amides is 1. The van der Waals surface area contributed by atoms with Crippen LogP contribution in [-0.2, 0) is 4.79 Å². The molecule has 0 bridgehead atoms. The Labute approximate surface area is 98.3 Å². The molecule has 0 saturated heterocycles. The molecule has 1 aliphatic rings. The topological polar surface area (TPSA) is 67.1 Å². The summed E-state index contributed by atoms with van der Waals surface area (Å²) >= 11 is 0. The number of nitrogens with two attached hydrogens (primary N) is 1. The summed E-state index contributed by atoms with van der Waals surface area (Å²) < 4.78 is 0. The van der Waals surface area contributed by atoms with Crippen molar-refractivity contribution < 1.29 is 4.79 Å². The Bertz CT molecular complexity index is 226. The Kier molecular flexibility index (Phi) is 5.22. The van der Waals surface area contributed by atoms with E-state index in [4.69, 9.17) is 5.73 Å². The van der Waals surface area contributed by atoms with E-state index in [2.05, 4.69) is 24.5 Å². The molecule has 0 aromatic carbocycles. The van der Waals surface area contributed by atoms with Crippen LogP contribution >= 0.6 is 0 Å². The van der Waals surface area contributed by atoms with Crippen LogP contribution in [0.25, 0.3) is 0 Å². The SMILES string of the molecule is CC(NCC(CN)C(C)C)C(=O)NC1CC1. The van der Waals surface area contributed by atoms with Crippen molar-refractivity contribution in [2.45, 2.75) is 45.7 Å². The summed E-state index contributed by atoms with van der Waals surface area (Å²) in [4.78, 5) is 11.7. The lowest BCUT2D eigenvalue weighted by Gasteiger charge is -2.22. The smallest absolute Gasteiger partial charge is 0.237 e. The molecule has 0 spiro atoms. The zero-order valence-electron chi connectivity index (χ0n) is 10.6. The second-order valence-electron chi connectivity index (χ2n) is 5.15. The van der Waals surface area contributed by atoms with Crippen LogP contribution in [0.2, 0.25) is 0 Å². The molecule has 1 saturated carbocycles. The van der Waals surface area contributed by atoms with Crippen molar-refractivity contribution >= 4 is 5.91 Å². The van der Waals surface area contributed by atoms with E-state index < -0.39 is 0 Å². The molecule has 0 radical (unpaired) electrons. The molecule has 0 aromatic heterocycles. The average molecular weight is 227 g/mol. The van der Waals surface area contributed by atoms with Crippen LogP contribution in [0, 0.1) is 11.8 Å². The van der Waals surface area contributed by atoms with Gasteiger partial charge in [-0.2, -0.15) is 0 Å². The fraction of sp³-hybridized carbons (Fsp3) is 0.917. The highest BCUT2D eigenvalue weighted by Gasteiger charge is 2.25. The van der Waals surface area contributed by atoms with Gasteiger partial charge in [0.25, 0.3) is 0 Å². The predicted octanol–water partition coefficient (Wildman–Crippen LogP) is 0.474. The van der Waals surface area contributed by atoms with E-state index in [1.807, 2.05) is 6.92 Å². The lowest BCUT2D eigenvalue weighted by Crippen LogP contribution is -2.45. The van der Waals surface area contributed by atoms with Crippen molar-refractivity contribution in [3.8, 4) is 0 Å². The summed E-state index contributed by atoms with van der Waals surface area (Å²) in [5.74, 6) is 1.11. The summed E-state index contributed by atoms with van der Waals surface area (Å²) in [6.45, 7) is 7.71. The largest absolute Gasteiger partial charge is 0.352 e. The molecule has 2 unspecified atom stereocenters.